The molecule has 0 saturated carbocycles. The zero-order valence-electron chi connectivity index (χ0n) is 54.4. The molecule has 500 valence electrons. The number of esters is 1. The molecule has 2 aromatic carbocycles. The summed E-state index contributed by atoms with van der Waals surface area (Å²) in [5, 5.41) is 19.7. The maximum atomic E-state index is 14.6. The van der Waals surface area contributed by atoms with Crippen LogP contribution in [0.15, 0.2) is 78.4 Å². The van der Waals surface area contributed by atoms with Crippen molar-refractivity contribution in [3.8, 4) is 5.75 Å². The number of allylic oxidation sites excluding steroid dienone is 4. The minimum atomic E-state index is -1.89. The number of amides is 7. The summed E-state index contributed by atoms with van der Waals surface area (Å²) in [5.74, 6) is -5.83. The normalized spacial score (nSPS) is 26.7. The van der Waals surface area contributed by atoms with Gasteiger partial charge in [0.05, 0.1) is 30.4 Å². The van der Waals surface area contributed by atoms with Crippen LogP contribution in [0, 0.1) is 24.7 Å². The van der Waals surface area contributed by atoms with Crippen molar-refractivity contribution in [2.45, 2.75) is 161 Å². The van der Waals surface area contributed by atoms with Crippen LogP contribution in [0.2, 0.25) is 0 Å². The summed E-state index contributed by atoms with van der Waals surface area (Å²) in [6.45, 7) is 11.3. The molecule has 3 aliphatic heterocycles. The zero-order valence-corrected chi connectivity index (χ0v) is 54.4. The van der Waals surface area contributed by atoms with E-state index < -0.39 is 119 Å². The van der Waals surface area contributed by atoms with Gasteiger partial charge in [-0.3, -0.25) is 44.3 Å². The molecule has 2 fully saturated rings. The average Bonchev–Trinajstić information content (AvgIpc) is 1.56. The second-order valence-electron chi connectivity index (χ2n) is 24.6. The smallest absolute Gasteiger partial charge is 0.412 e. The number of aliphatic hydroxyl groups is 1. The molecule has 25 heteroatoms. The molecule has 7 rings (SSSR count). The first-order chi connectivity index (χ1) is 43.7. The Labute approximate surface area is 536 Å². The third kappa shape index (κ3) is 18.2. The van der Waals surface area contributed by atoms with Gasteiger partial charge in [0.15, 0.2) is 5.72 Å². The molecule has 2 saturated heterocycles. The lowest BCUT2D eigenvalue weighted by molar-refractivity contribution is -0.161. The molecule has 2 aromatic rings. The number of Topliss-reactive ketones (excluding diaryl/α,β-unsaturated/α-hetero) is 2. The molecule has 92 heavy (non-hydrogen) atoms. The maximum absolute atomic E-state index is 14.6. The minimum Gasteiger partial charge on any atom is -0.496 e. The summed E-state index contributed by atoms with van der Waals surface area (Å²) in [7, 11) is 5.86. The van der Waals surface area contributed by atoms with Gasteiger partial charge in [-0.15, -0.1) is 0 Å². The molecular weight excluding hydrogens is 1190 g/mol. The lowest BCUT2D eigenvalue weighted by atomic mass is 9.81. The van der Waals surface area contributed by atoms with Crippen molar-refractivity contribution in [1.82, 2.24) is 25.3 Å². The van der Waals surface area contributed by atoms with Crippen molar-refractivity contribution >= 4 is 65.3 Å². The Morgan fingerprint density at radius 2 is 1.60 bits per heavy atom. The number of nitrogens with zero attached hydrogens (tertiary/aromatic N) is 3. The number of imide groups is 1. The van der Waals surface area contributed by atoms with Crippen LogP contribution in [0.5, 0.6) is 5.75 Å². The van der Waals surface area contributed by atoms with Crippen LogP contribution in [0.4, 0.5) is 24.9 Å². The number of fused-ring (bicyclic) bond motifs is 5. The molecule has 3 heterocycles. The van der Waals surface area contributed by atoms with E-state index >= 15 is 0 Å². The number of benzene rings is 2. The fourth-order valence-corrected chi connectivity index (χ4v) is 11.7. The predicted molar refractivity (Wildman–Crippen MR) is 334 cm³/mol. The monoisotopic (exact) mass is 1280 g/mol. The fourth-order valence-electron chi connectivity index (χ4n) is 11.7. The van der Waals surface area contributed by atoms with E-state index in [2.05, 4.69) is 16.0 Å². The number of carbonyl (C=O) groups excluding carboxylic acids is 10. The Morgan fingerprint density at radius 1 is 0.891 bits per heavy atom. The van der Waals surface area contributed by atoms with Crippen LogP contribution >= 0.6 is 0 Å². The number of likely N-dealkylation sites (N-methyl/N-ethyl adjacent to an activating group) is 2. The van der Waals surface area contributed by atoms with Crippen LogP contribution in [-0.2, 0) is 70.2 Å². The van der Waals surface area contributed by atoms with Crippen molar-refractivity contribution in [3.63, 3.8) is 0 Å². The second-order valence-corrected chi connectivity index (χ2v) is 24.6. The fraction of sp³-hybridized carbons (Fsp3) is 0.552. The average molecular weight is 1280 g/mol. The molecule has 0 spiro atoms. The first kappa shape index (κ1) is 71.0. The SMILES string of the molecule is COc1cc2cc(c1C)C(C)C(=O)C[C@H](OC(=O)[C@H](C)C(C)C(=O)CCOC(=O)N(C)CCN(C)C(=O)OCc1ccc(NC(=O)OC3/C=C/CCCCC3)c(C(=O)NCCN3C(=O)C=CC3=O)c1)[C@]1(C)O[C@H]1[C@H](C)[C@@H]1CC(O)(NC(=O)O1)C(OC)/C=C/C=C(\C)C2. The van der Waals surface area contributed by atoms with E-state index in [-0.39, 0.29) is 75.7 Å². The summed E-state index contributed by atoms with van der Waals surface area (Å²) >= 11 is 0. The van der Waals surface area contributed by atoms with Gasteiger partial charge in [-0.25, -0.2) is 19.2 Å². The standard InChI is InChI=1S/C67H88N6O19/c1-39-18-17-21-55(86-11)67(84)37-54(90-63(81)70-67)44(6)59-66(7,92-59)56(36-52(75)42(4)48-34-46(32-39)35-53(85-10)43(48)5)91-61(79)41(3)40(2)51(74)26-31-87-64(82)71(8)29-30-72(9)65(83)88-38-45-22-23-50(69-62(80)89-47-19-15-13-12-14-16-20-47)49(33-45)60(78)68-27-28-73-57(76)24-25-58(73)77/h15,17-19,21-25,33-35,40-42,44,47,54-56,59,84H,12-14,16,20,26-32,36-38H2,1-11H3,(H,68,78)(H,69,80)(H,70,81)/b19-15+,21-17+,39-18+/t40?,41-,42?,44-,47?,54+,55?,56+,59+,66+,67?/m1/s1. The van der Waals surface area contributed by atoms with Gasteiger partial charge in [0.1, 0.15) is 60.5 Å². The number of hydrogen-bond acceptors (Lipinski definition) is 19. The van der Waals surface area contributed by atoms with Gasteiger partial charge in [0.2, 0.25) is 0 Å². The Balaban J connectivity index is 0.927. The summed E-state index contributed by atoms with van der Waals surface area (Å²) < 4.78 is 46.4. The third-order valence-electron chi connectivity index (χ3n) is 17.8. The van der Waals surface area contributed by atoms with Crippen molar-refractivity contribution in [2.75, 3.05) is 66.4 Å². The summed E-state index contributed by atoms with van der Waals surface area (Å²) in [5.41, 5.74) is 0.580. The number of hydrogen-bond donors (Lipinski definition) is 4. The first-order valence-electron chi connectivity index (χ1n) is 31.2. The zero-order chi connectivity index (χ0) is 67.2. The number of anilines is 1. The van der Waals surface area contributed by atoms with Gasteiger partial charge in [-0.2, -0.15) is 0 Å². The number of ketones is 2. The van der Waals surface area contributed by atoms with Crippen molar-refractivity contribution < 1.29 is 90.9 Å². The van der Waals surface area contributed by atoms with Crippen LogP contribution in [0.1, 0.15) is 131 Å². The Hall–Kier alpha value is -8.42. The highest BCUT2D eigenvalue weighted by atomic mass is 16.7. The van der Waals surface area contributed by atoms with Gasteiger partial charge in [-0.05, 0) is 99.4 Å². The number of nitrogens with one attached hydrogen (secondary N) is 3. The lowest BCUT2D eigenvalue weighted by Gasteiger charge is -2.42. The summed E-state index contributed by atoms with van der Waals surface area (Å²) in [4.78, 5) is 136. The van der Waals surface area contributed by atoms with E-state index in [1.807, 2.05) is 44.2 Å². The highest BCUT2D eigenvalue weighted by molar-refractivity contribution is 6.13. The number of methoxy groups -OCH3 is 2. The van der Waals surface area contributed by atoms with E-state index in [0.717, 1.165) is 65.0 Å². The molecular formula is C67H88N6O19. The highest BCUT2D eigenvalue weighted by Gasteiger charge is 2.64. The molecule has 0 radical (unpaired) electrons. The first-order valence-corrected chi connectivity index (χ1v) is 31.2. The van der Waals surface area contributed by atoms with Gasteiger partial charge in [0.25, 0.3) is 17.7 Å². The van der Waals surface area contributed by atoms with E-state index in [1.54, 1.807) is 53.0 Å². The van der Waals surface area contributed by atoms with E-state index in [9.17, 15) is 53.1 Å². The molecule has 4 N–H and O–H groups in total. The van der Waals surface area contributed by atoms with E-state index in [4.69, 9.17) is 37.9 Å². The summed E-state index contributed by atoms with van der Waals surface area (Å²) in [6.07, 6.45) is 8.11. The molecule has 4 bridgehead atoms. The van der Waals surface area contributed by atoms with Gasteiger partial charge in [-0.1, -0.05) is 76.1 Å². The highest BCUT2D eigenvalue weighted by Crippen LogP contribution is 2.49. The lowest BCUT2D eigenvalue weighted by Crippen LogP contribution is -2.63. The van der Waals surface area contributed by atoms with Crippen LogP contribution < -0.4 is 20.7 Å². The topological polar surface area (TPSA) is 314 Å². The second kappa shape index (κ2) is 31.7. The molecule has 2 aliphatic carbocycles. The quantitative estimate of drug-likeness (QED) is 0.0324. The molecule has 7 amide bonds. The van der Waals surface area contributed by atoms with Crippen LogP contribution in [0.3, 0.4) is 0 Å². The molecule has 5 aliphatic rings. The van der Waals surface area contributed by atoms with Gasteiger partial charge in [0, 0.05) is 96.6 Å². The number of carbonyl (C=O) groups is 10. The van der Waals surface area contributed by atoms with E-state index in [0.29, 0.717) is 24.2 Å². The Bertz CT molecular complexity index is 3210. The van der Waals surface area contributed by atoms with E-state index in [1.165, 1.54) is 50.1 Å². The molecule has 11 atom stereocenters. The third-order valence-corrected chi connectivity index (χ3v) is 17.8. The van der Waals surface area contributed by atoms with Crippen molar-refractivity contribution in [2.24, 2.45) is 17.8 Å². The minimum absolute atomic E-state index is 0.00832. The maximum Gasteiger partial charge on any atom is 0.412 e. The Kier molecular flexibility index (Phi) is 24.5. The molecule has 5 unspecified atom stereocenters. The van der Waals surface area contributed by atoms with Crippen molar-refractivity contribution in [3.05, 3.63) is 106 Å². The van der Waals surface area contributed by atoms with Crippen LogP contribution in [0.25, 0.3) is 0 Å². The number of epoxide rings is 1. The van der Waals surface area contributed by atoms with Gasteiger partial charge >= 0.3 is 30.3 Å². The number of alkyl carbamates (subject to hydrolysis) is 1. The predicted octanol–water partition coefficient (Wildman–Crippen LogP) is 7.69. The number of ether oxygens (including phenoxy) is 8. The van der Waals surface area contributed by atoms with Crippen LogP contribution in [-0.4, -0.2) is 182 Å². The molecule has 25 nitrogen and oxygen atoms in total. The Morgan fingerprint density at radius 3 is 2.29 bits per heavy atom. The largest absolute Gasteiger partial charge is 0.496 e. The van der Waals surface area contributed by atoms with Crippen molar-refractivity contribution in [1.29, 1.82) is 0 Å². The van der Waals surface area contributed by atoms with Gasteiger partial charge < -0.3 is 58.1 Å². The molecule has 0 aromatic heterocycles. The number of rotatable bonds is 20. The summed E-state index contributed by atoms with van der Waals surface area (Å²) in [6, 6.07) is 8.30.